The van der Waals surface area contributed by atoms with E-state index in [-0.39, 0.29) is 6.04 Å². The van der Waals surface area contributed by atoms with Gasteiger partial charge >= 0.3 is 6.09 Å². The lowest BCUT2D eigenvalue weighted by Gasteiger charge is -2.44. The summed E-state index contributed by atoms with van der Waals surface area (Å²) in [6, 6.07) is 0.451. The van der Waals surface area contributed by atoms with Crippen LogP contribution in [-0.2, 0) is 0 Å². The highest BCUT2D eigenvalue weighted by Gasteiger charge is 2.32. The molecular formula is C13H25N3O2. The van der Waals surface area contributed by atoms with Gasteiger partial charge < -0.3 is 15.3 Å². The van der Waals surface area contributed by atoms with Crippen molar-refractivity contribution >= 4 is 6.09 Å². The van der Waals surface area contributed by atoms with Crippen molar-refractivity contribution in [3.63, 3.8) is 0 Å². The molecule has 2 rings (SSSR count). The van der Waals surface area contributed by atoms with E-state index in [9.17, 15) is 4.79 Å². The highest BCUT2D eigenvalue weighted by atomic mass is 16.4. The zero-order chi connectivity index (χ0) is 13.1. The molecule has 2 fully saturated rings. The predicted molar refractivity (Wildman–Crippen MR) is 70.8 cm³/mol. The Bertz CT molecular complexity index is 292. The summed E-state index contributed by atoms with van der Waals surface area (Å²) in [4.78, 5) is 15.2. The van der Waals surface area contributed by atoms with Crippen molar-refractivity contribution in [3.8, 4) is 0 Å². The third-order valence-electron chi connectivity index (χ3n) is 4.31. The van der Waals surface area contributed by atoms with Crippen LogP contribution in [0.15, 0.2) is 0 Å². The van der Waals surface area contributed by atoms with Gasteiger partial charge in [0.15, 0.2) is 0 Å². The number of hydrogen-bond acceptors (Lipinski definition) is 3. The van der Waals surface area contributed by atoms with Gasteiger partial charge in [-0.1, -0.05) is 0 Å². The zero-order valence-electron chi connectivity index (χ0n) is 11.4. The van der Waals surface area contributed by atoms with E-state index in [1.807, 2.05) is 6.92 Å². The summed E-state index contributed by atoms with van der Waals surface area (Å²) < 4.78 is 0. The van der Waals surface area contributed by atoms with Crippen LogP contribution in [0.3, 0.4) is 0 Å². The van der Waals surface area contributed by atoms with Crippen molar-refractivity contribution in [2.75, 3.05) is 32.7 Å². The minimum absolute atomic E-state index is 0.111. The summed E-state index contributed by atoms with van der Waals surface area (Å²) in [6.07, 6.45) is 1.72. The van der Waals surface area contributed by atoms with Crippen molar-refractivity contribution in [1.82, 2.24) is 15.1 Å². The first-order chi connectivity index (χ1) is 8.58. The van der Waals surface area contributed by atoms with E-state index in [2.05, 4.69) is 17.1 Å². The minimum atomic E-state index is -0.782. The van der Waals surface area contributed by atoms with Crippen molar-refractivity contribution in [2.45, 2.75) is 38.8 Å². The molecule has 2 aliphatic rings. The minimum Gasteiger partial charge on any atom is -0.465 e. The number of nitrogens with zero attached hydrogens (tertiary/aromatic N) is 2. The molecule has 0 aromatic carbocycles. The molecule has 2 N–H and O–H groups in total. The van der Waals surface area contributed by atoms with Crippen LogP contribution in [0.2, 0.25) is 0 Å². The fraction of sp³-hybridized carbons (Fsp3) is 0.923. The number of piperazine rings is 1. The van der Waals surface area contributed by atoms with Gasteiger partial charge in [0.1, 0.15) is 0 Å². The van der Waals surface area contributed by atoms with E-state index in [1.54, 1.807) is 4.90 Å². The summed E-state index contributed by atoms with van der Waals surface area (Å²) in [5, 5.41) is 12.5. The standard InChI is InChI=1S/C13H25N3O2/c1-10-8-16(13(17)18)11(2)7-15(10)9-12-3-5-14-6-4-12/h10-12,14H,3-9H2,1-2H3,(H,17,18)/t10-,11+/m1/s1. The van der Waals surface area contributed by atoms with Crippen LogP contribution in [0.1, 0.15) is 26.7 Å². The fourth-order valence-electron chi connectivity index (χ4n) is 3.12. The van der Waals surface area contributed by atoms with E-state index in [0.717, 1.165) is 32.1 Å². The van der Waals surface area contributed by atoms with Crippen LogP contribution in [0, 0.1) is 5.92 Å². The first-order valence-electron chi connectivity index (χ1n) is 7.02. The highest BCUT2D eigenvalue weighted by Crippen LogP contribution is 2.20. The molecule has 0 spiro atoms. The lowest BCUT2D eigenvalue weighted by molar-refractivity contribution is 0.0330. The van der Waals surface area contributed by atoms with Gasteiger partial charge in [0.25, 0.3) is 0 Å². The van der Waals surface area contributed by atoms with Crippen LogP contribution in [0.4, 0.5) is 4.79 Å². The van der Waals surface area contributed by atoms with Crippen LogP contribution in [-0.4, -0.2) is 65.8 Å². The van der Waals surface area contributed by atoms with Gasteiger partial charge in [-0.2, -0.15) is 0 Å². The Labute approximate surface area is 109 Å². The van der Waals surface area contributed by atoms with E-state index in [4.69, 9.17) is 5.11 Å². The molecule has 1 amide bonds. The van der Waals surface area contributed by atoms with Gasteiger partial charge in [-0.25, -0.2) is 4.79 Å². The SMILES string of the molecule is C[C@@H]1CN(C(=O)O)[C@@H](C)CN1CC1CCNCC1. The molecule has 104 valence electrons. The summed E-state index contributed by atoms with van der Waals surface area (Å²) in [7, 11) is 0. The first-order valence-corrected chi connectivity index (χ1v) is 7.02. The molecule has 0 aromatic heterocycles. The number of hydrogen-bond donors (Lipinski definition) is 2. The molecule has 2 saturated heterocycles. The number of nitrogens with one attached hydrogen (secondary N) is 1. The second-order valence-corrected chi connectivity index (χ2v) is 5.78. The summed E-state index contributed by atoms with van der Waals surface area (Å²) in [5.74, 6) is 0.775. The monoisotopic (exact) mass is 255 g/mol. The fourth-order valence-corrected chi connectivity index (χ4v) is 3.12. The summed E-state index contributed by atoms with van der Waals surface area (Å²) in [6.45, 7) is 9.05. The summed E-state index contributed by atoms with van der Waals surface area (Å²) in [5.41, 5.74) is 0. The van der Waals surface area contributed by atoms with Gasteiger partial charge in [-0.3, -0.25) is 4.90 Å². The smallest absolute Gasteiger partial charge is 0.407 e. The van der Waals surface area contributed by atoms with Crippen molar-refractivity contribution in [3.05, 3.63) is 0 Å². The molecule has 0 aliphatic carbocycles. The van der Waals surface area contributed by atoms with E-state index < -0.39 is 6.09 Å². The second kappa shape index (κ2) is 5.89. The lowest BCUT2D eigenvalue weighted by atomic mass is 9.96. The first kappa shape index (κ1) is 13.6. The molecule has 2 atom stereocenters. The average Bonchev–Trinajstić information content (AvgIpc) is 2.34. The molecule has 2 heterocycles. The van der Waals surface area contributed by atoms with Crippen LogP contribution >= 0.6 is 0 Å². The Morgan fingerprint density at radius 1 is 1.22 bits per heavy atom. The molecule has 0 unspecified atom stereocenters. The molecular weight excluding hydrogens is 230 g/mol. The third kappa shape index (κ3) is 3.14. The average molecular weight is 255 g/mol. The van der Waals surface area contributed by atoms with E-state index in [0.29, 0.717) is 12.6 Å². The second-order valence-electron chi connectivity index (χ2n) is 5.78. The molecule has 0 radical (unpaired) electrons. The Kier molecular flexibility index (Phi) is 4.45. The van der Waals surface area contributed by atoms with Gasteiger partial charge in [0.2, 0.25) is 0 Å². The van der Waals surface area contributed by atoms with Crippen LogP contribution < -0.4 is 5.32 Å². The highest BCUT2D eigenvalue weighted by molar-refractivity contribution is 5.65. The van der Waals surface area contributed by atoms with Crippen LogP contribution in [0.5, 0.6) is 0 Å². The third-order valence-corrected chi connectivity index (χ3v) is 4.31. The maximum absolute atomic E-state index is 11.1. The Morgan fingerprint density at radius 2 is 1.89 bits per heavy atom. The number of amides is 1. The Morgan fingerprint density at radius 3 is 2.50 bits per heavy atom. The largest absolute Gasteiger partial charge is 0.465 e. The number of carboxylic acid groups (broad SMARTS) is 1. The zero-order valence-corrected chi connectivity index (χ0v) is 11.4. The van der Waals surface area contributed by atoms with Gasteiger partial charge in [0.05, 0.1) is 0 Å². The van der Waals surface area contributed by atoms with Crippen molar-refractivity contribution in [1.29, 1.82) is 0 Å². The van der Waals surface area contributed by atoms with Gasteiger partial charge in [-0.05, 0) is 45.7 Å². The molecule has 18 heavy (non-hydrogen) atoms. The maximum atomic E-state index is 11.1. The topological polar surface area (TPSA) is 55.8 Å². The molecule has 2 aliphatic heterocycles. The van der Waals surface area contributed by atoms with Gasteiger partial charge in [0, 0.05) is 31.7 Å². The quantitative estimate of drug-likeness (QED) is 0.774. The molecule has 5 heteroatoms. The number of carbonyl (C=O) groups is 1. The van der Waals surface area contributed by atoms with E-state index >= 15 is 0 Å². The van der Waals surface area contributed by atoms with Crippen molar-refractivity contribution < 1.29 is 9.90 Å². The van der Waals surface area contributed by atoms with Crippen molar-refractivity contribution in [2.24, 2.45) is 5.92 Å². The summed E-state index contributed by atoms with van der Waals surface area (Å²) >= 11 is 0. The Balaban J connectivity index is 1.88. The Hall–Kier alpha value is -0.810. The maximum Gasteiger partial charge on any atom is 0.407 e. The van der Waals surface area contributed by atoms with Gasteiger partial charge in [-0.15, -0.1) is 0 Å². The molecule has 0 aromatic rings. The van der Waals surface area contributed by atoms with Crippen LogP contribution in [0.25, 0.3) is 0 Å². The molecule has 0 bridgehead atoms. The molecule has 5 nitrogen and oxygen atoms in total. The van der Waals surface area contributed by atoms with E-state index in [1.165, 1.54) is 12.8 Å². The number of rotatable bonds is 2. The normalized spacial score (nSPS) is 31.6. The number of piperidine rings is 1. The lowest BCUT2D eigenvalue weighted by Crippen LogP contribution is -2.58. The predicted octanol–water partition coefficient (Wildman–Crippen LogP) is 1.06. The molecule has 0 saturated carbocycles.